The summed E-state index contributed by atoms with van der Waals surface area (Å²) in [5.41, 5.74) is 1.12. The second-order valence-electron chi connectivity index (χ2n) is 4.90. The molecule has 1 aromatic rings. The minimum atomic E-state index is 0.103. The predicted octanol–water partition coefficient (Wildman–Crippen LogP) is 2.96. The van der Waals surface area contributed by atoms with E-state index in [1.54, 1.807) is 0 Å². The van der Waals surface area contributed by atoms with Crippen LogP contribution in [0.4, 0.5) is 0 Å². The van der Waals surface area contributed by atoms with Gasteiger partial charge in [-0.3, -0.25) is 0 Å². The first-order valence-corrected chi connectivity index (χ1v) is 7.86. The molecule has 0 bridgehead atoms. The topological polar surface area (TPSA) is 45.0 Å². The fraction of sp³-hybridized carbons (Fsp3) is 0.533. The Morgan fingerprint density at radius 2 is 2.21 bits per heavy atom. The Kier molecular flexibility index (Phi) is 5.12. The lowest BCUT2D eigenvalue weighted by molar-refractivity contribution is 0.340. The Morgan fingerprint density at radius 3 is 2.84 bits per heavy atom. The molecule has 1 N–H and O–H groups in total. The van der Waals surface area contributed by atoms with Crippen LogP contribution in [0.25, 0.3) is 0 Å². The Balaban J connectivity index is 1.87. The van der Waals surface area contributed by atoms with E-state index in [0.29, 0.717) is 4.75 Å². The molecule has 0 saturated heterocycles. The fourth-order valence-electron chi connectivity index (χ4n) is 2.35. The normalized spacial score (nSPS) is 16.4. The maximum absolute atomic E-state index is 8.58. The number of thioether (sulfide) groups is 1. The first-order chi connectivity index (χ1) is 9.29. The van der Waals surface area contributed by atoms with Crippen LogP contribution < -0.4 is 10.1 Å². The zero-order valence-corrected chi connectivity index (χ0v) is 12.1. The number of nitriles is 1. The molecule has 1 saturated carbocycles. The smallest absolute Gasteiger partial charge is 0.174 e. The molecule has 1 aliphatic rings. The molecule has 1 aliphatic carbocycles. The van der Waals surface area contributed by atoms with E-state index in [9.17, 15) is 0 Å². The molecule has 0 radical (unpaired) electrons. The van der Waals surface area contributed by atoms with Crippen LogP contribution in [0, 0.1) is 11.3 Å². The molecule has 3 nitrogen and oxygen atoms in total. The van der Waals surface area contributed by atoms with Gasteiger partial charge in [0.15, 0.2) is 6.61 Å². The van der Waals surface area contributed by atoms with Gasteiger partial charge in [0.25, 0.3) is 0 Å². The van der Waals surface area contributed by atoms with Gasteiger partial charge in [0.1, 0.15) is 11.8 Å². The zero-order valence-electron chi connectivity index (χ0n) is 11.3. The molecular formula is C15H20N2OS. The number of nitrogens with one attached hydrogen (secondary N) is 1. The second kappa shape index (κ2) is 6.83. The van der Waals surface area contributed by atoms with Gasteiger partial charge in [-0.2, -0.15) is 17.0 Å². The minimum Gasteiger partial charge on any atom is -0.478 e. The van der Waals surface area contributed by atoms with Gasteiger partial charge in [-0.1, -0.05) is 24.6 Å². The Morgan fingerprint density at radius 1 is 1.42 bits per heavy atom. The standard InChI is InChI=1S/C15H20N2OS/c1-19-15(7-4-8-15)12-17-11-13-5-2-3-6-14(13)18-10-9-16/h2-3,5-6,17H,4,7-8,10-12H2,1H3. The molecule has 0 aromatic heterocycles. The third kappa shape index (κ3) is 3.65. The summed E-state index contributed by atoms with van der Waals surface area (Å²) in [6.45, 7) is 1.94. The largest absolute Gasteiger partial charge is 0.478 e. The van der Waals surface area contributed by atoms with Gasteiger partial charge >= 0.3 is 0 Å². The molecule has 0 spiro atoms. The lowest BCUT2D eigenvalue weighted by Crippen LogP contribution is -2.43. The molecule has 0 atom stereocenters. The Labute approximate surface area is 119 Å². The fourth-order valence-corrected chi connectivity index (χ4v) is 3.29. The average molecular weight is 276 g/mol. The van der Waals surface area contributed by atoms with Crippen LogP contribution in [0.15, 0.2) is 24.3 Å². The van der Waals surface area contributed by atoms with E-state index in [1.165, 1.54) is 19.3 Å². The third-order valence-corrected chi connectivity index (χ3v) is 5.14. The lowest BCUT2D eigenvalue weighted by Gasteiger charge is -2.40. The maximum atomic E-state index is 8.58. The van der Waals surface area contributed by atoms with Crippen molar-refractivity contribution in [3.63, 3.8) is 0 Å². The monoisotopic (exact) mass is 276 g/mol. The summed E-state index contributed by atoms with van der Waals surface area (Å²) in [5.74, 6) is 0.809. The molecule has 0 amide bonds. The van der Waals surface area contributed by atoms with Crippen molar-refractivity contribution in [1.82, 2.24) is 5.32 Å². The van der Waals surface area contributed by atoms with Crippen LogP contribution in [0.1, 0.15) is 24.8 Å². The van der Waals surface area contributed by atoms with Gasteiger partial charge < -0.3 is 10.1 Å². The highest BCUT2D eigenvalue weighted by molar-refractivity contribution is 8.00. The van der Waals surface area contributed by atoms with Crippen LogP contribution >= 0.6 is 11.8 Å². The second-order valence-corrected chi connectivity index (χ2v) is 6.17. The van der Waals surface area contributed by atoms with Crippen LogP contribution in [-0.2, 0) is 6.54 Å². The molecule has 0 aliphatic heterocycles. The minimum absolute atomic E-state index is 0.103. The van der Waals surface area contributed by atoms with Gasteiger partial charge in [-0.25, -0.2) is 0 Å². The Hall–Kier alpha value is -1.18. The van der Waals surface area contributed by atoms with E-state index in [4.69, 9.17) is 10.00 Å². The van der Waals surface area contributed by atoms with Gasteiger partial charge in [0.2, 0.25) is 0 Å². The van der Waals surface area contributed by atoms with Crippen molar-refractivity contribution in [2.45, 2.75) is 30.6 Å². The summed E-state index contributed by atoms with van der Waals surface area (Å²) in [6, 6.07) is 9.91. The van der Waals surface area contributed by atoms with E-state index < -0.39 is 0 Å². The van der Waals surface area contributed by atoms with Crippen LogP contribution in [0.3, 0.4) is 0 Å². The van der Waals surface area contributed by atoms with E-state index in [1.807, 2.05) is 42.1 Å². The first-order valence-electron chi connectivity index (χ1n) is 6.63. The van der Waals surface area contributed by atoms with Gasteiger partial charge in [0.05, 0.1) is 0 Å². The lowest BCUT2D eigenvalue weighted by atomic mass is 9.84. The van der Waals surface area contributed by atoms with Gasteiger partial charge in [-0.15, -0.1) is 0 Å². The summed E-state index contributed by atoms with van der Waals surface area (Å²) in [7, 11) is 0. The number of para-hydroxylation sites is 1. The molecule has 19 heavy (non-hydrogen) atoms. The van der Waals surface area contributed by atoms with Crippen molar-refractivity contribution in [3.8, 4) is 11.8 Å². The van der Waals surface area contributed by atoms with E-state index >= 15 is 0 Å². The highest BCUT2D eigenvalue weighted by atomic mass is 32.2. The van der Waals surface area contributed by atoms with E-state index in [-0.39, 0.29) is 6.61 Å². The summed E-state index contributed by atoms with van der Waals surface area (Å²) < 4.78 is 5.88. The molecular weight excluding hydrogens is 256 g/mol. The van der Waals surface area contributed by atoms with Crippen molar-refractivity contribution in [1.29, 1.82) is 5.26 Å². The third-order valence-electron chi connectivity index (χ3n) is 3.73. The Bertz CT molecular complexity index is 446. The highest BCUT2D eigenvalue weighted by Crippen LogP contribution is 2.42. The number of ether oxygens (including phenoxy) is 1. The SMILES string of the molecule is CSC1(CNCc2ccccc2OCC#N)CCC1. The van der Waals surface area contributed by atoms with Crippen molar-refractivity contribution >= 4 is 11.8 Å². The molecule has 2 rings (SSSR count). The summed E-state index contributed by atoms with van der Waals surface area (Å²) in [5, 5.41) is 12.1. The predicted molar refractivity (Wildman–Crippen MR) is 79.4 cm³/mol. The first kappa shape index (κ1) is 14.2. The molecule has 4 heteroatoms. The quantitative estimate of drug-likeness (QED) is 0.831. The summed E-state index contributed by atoms with van der Waals surface area (Å²) in [4.78, 5) is 0. The molecule has 102 valence electrons. The number of benzene rings is 1. The molecule has 1 aromatic carbocycles. The zero-order chi connectivity index (χ0) is 13.6. The number of rotatable bonds is 7. The van der Waals surface area contributed by atoms with Crippen LogP contribution in [0.5, 0.6) is 5.75 Å². The van der Waals surface area contributed by atoms with Gasteiger partial charge in [0, 0.05) is 23.4 Å². The maximum Gasteiger partial charge on any atom is 0.174 e. The van der Waals surface area contributed by atoms with E-state index in [0.717, 1.165) is 24.4 Å². The summed E-state index contributed by atoms with van der Waals surface area (Å²) >= 11 is 1.98. The van der Waals surface area contributed by atoms with E-state index in [2.05, 4.69) is 11.6 Å². The number of hydrogen-bond donors (Lipinski definition) is 1. The molecule has 0 heterocycles. The van der Waals surface area contributed by atoms with Crippen LogP contribution in [-0.4, -0.2) is 24.2 Å². The van der Waals surface area contributed by atoms with Gasteiger partial charge in [-0.05, 0) is 25.2 Å². The molecule has 1 fully saturated rings. The average Bonchev–Trinajstić information content (AvgIpc) is 2.40. The van der Waals surface area contributed by atoms with Crippen molar-refractivity contribution < 1.29 is 4.74 Å². The van der Waals surface area contributed by atoms with Crippen LogP contribution in [0.2, 0.25) is 0 Å². The van der Waals surface area contributed by atoms with Crippen molar-refractivity contribution in [3.05, 3.63) is 29.8 Å². The van der Waals surface area contributed by atoms with Crippen molar-refractivity contribution in [2.24, 2.45) is 0 Å². The number of hydrogen-bond acceptors (Lipinski definition) is 4. The summed E-state index contributed by atoms with van der Waals surface area (Å²) in [6.07, 6.45) is 6.18. The van der Waals surface area contributed by atoms with Crippen molar-refractivity contribution in [2.75, 3.05) is 19.4 Å². The molecule has 0 unspecified atom stereocenters. The highest BCUT2D eigenvalue weighted by Gasteiger charge is 2.35. The number of nitrogens with zero attached hydrogens (tertiary/aromatic N) is 1.